The lowest BCUT2D eigenvalue weighted by Crippen LogP contribution is -2.60. The van der Waals surface area contributed by atoms with Gasteiger partial charge in [-0.3, -0.25) is 4.90 Å². The molecule has 1 aromatic heterocycles. The Bertz CT molecular complexity index is 408. The Hall–Kier alpha value is 0.1000. The summed E-state index contributed by atoms with van der Waals surface area (Å²) in [6.07, 6.45) is 6.55. The van der Waals surface area contributed by atoms with E-state index in [0.29, 0.717) is 11.6 Å². The maximum atomic E-state index is 3.69. The van der Waals surface area contributed by atoms with Crippen LogP contribution in [0.4, 0.5) is 0 Å². The van der Waals surface area contributed by atoms with Gasteiger partial charge in [-0.15, -0.1) is 11.3 Å². The van der Waals surface area contributed by atoms with E-state index in [1.807, 2.05) is 11.3 Å². The summed E-state index contributed by atoms with van der Waals surface area (Å²) in [6, 6.07) is 2.71. The highest BCUT2D eigenvalue weighted by atomic mass is 79.9. The van der Waals surface area contributed by atoms with Gasteiger partial charge < -0.3 is 5.32 Å². The van der Waals surface area contributed by atoms with Gasteiger partial charge in [0.15, 0.2) is 0 Å². The highest BCUT2D eigenvalue weighted by Crippen LogP contribution is 2.40. The van der Waals surface area contributed by atoms with E-state index < -0.39 is 0 Å². The summed E-state index contributed by atoms with van der Waals surface area (Å²) >= 11 is 5.56. The van der Waals surface area contributed by atoms with Crippen LogP contribution in [0.25, 0.3) is 0 Å². The van der Waals surface area contributed by atoms with Crippen LogP contribution in [0.2, 0.25) is 0 Å². The molecule has 0 bridgehead atoms. The summed E-state index contributed by atoms with van der Waals surface area (Å²) in [5, 5.41) is 5.83. The second-order valence-electron chi connectivity index (χ2n) is 5.72. The van der Waals surface area contributed by atoms with Gasteiger partial charge in [-0.05, 0) is 66.8 Å². The van der Waals surface area contributed by atoms with Gasteiger partial charge in [-0.2, -0.15) is 0 Å². The van der Waals surface area contributed by atoms with E-state index in [0.717, 1.165) is 19.5 Å². The molecule has 4 heteroatoms. The van der Waals surface area contributed by atoms with Crippen molar-refractivity contribution in [1.29, 1.82) is 0 Å². The van der Waals surface area contributed by atoms with Gasteiger partial charge >= 0.3 is 0 Å². The first-order valence-corrected chi connectivity index (χ1v) is 9.49. The molecule has 20 heavy (non-hydrogen) atoms. The summed E-state index contributed by atoms with van der Waals surface area (Å²) in [4.78, 5) is 4.17. The van der Waals surface area contributed by atoms with Crippen molar-refractivity contribution in [2.45, 2.75) is 57.5 Å². The van der Waals surface area contributed by atoms with Crippen LogP contribution < -0.4 is 5.32 Å². The lowest BCUT2D eigenvalue weighted by molar-refractivity contribution is 0.0661. The van der Waals surface area contributed by atoms with E-state index in [1.165, 1.54) is 35.0 Å². The highest BCUT2D eigenvalue weighted by Gasteiger charge is 2.44. The Morgan fingerprint density at radius 2 is 2.00 bits per heavy atom. The Labute approximate surface area is 136 Å². The van der Waals surface area contributed by atoms with Crippen LogP contribution in [0, 0.1) is 0 Å². The van der Waals surface area contributed by atoms with Gasteiger partial charge in [0.1, 0.15) is 0 Å². The molecular weight excluding hydrogens is 332 g/mol. The van der Waals surface area contributed by atoms with Gasteiger partial charge in [-0.1, -0.05) is 26.7 Å². The van der Waals surface area contributed by atoms with Crippen molar-refractivity contribution in [1.82, 2.24) is 10.2 Å². The lowest BCUT2D eigenvalue weighted by atomic mass is 9.83. The van der Waals surface area contributed by atoms with Gasteiger partial charge in [0.25, 0.3) is 0 Å². The maximum absolute atomic E-state index is 3.69. The fourth-order valence-corrected chi connectivity index (χ4v) is 5.50. The summed E-state index contributed by atoms with van der Waals surface area (Å²) < 4.78 is 1.27. The first-order chi connectivity index (χ1) is 9.67. The molecule has 0 spiro atoms. The molecule has 1 atom stereocenters. The zero-order chi connectivity index (χ0) is 14.6. The van der Waals surface area contributed by atoms with Crippen molar-refractivity contribution in [3.63, 3.8) is 0 Å². The van der Waals surface area contributed by atoms with Crippen LogP contribution >= 0.6 is 27.3 Å². The number of likely N-dealkylation sites (N-methyl/N-ethyl adjacent to an activating group) is 2. The maximum Gasteiger partial charge on any atom is 0.0365 e. The monoisotopic (exact) mass is 358 g/mol. The van der Waals surface area contributed by atoms with E-state index in [4.69, 9.17) is 0 Å². The lowest BCUT2D eigenvalue weighted by Gasteiger charge is -2.46. The third-order valence-corrected chi connectivity index (χ3v) is 6.89. The van der Waals surface area contributed by atoms with Crippen molar-refractivity contribution in [2.24, 2.45) is 0 Å². The molecule has 2 nitrogen and oxygen atoms in total. The minimum Gasteiger partial charge on any atom is -0.315 e. The van der Waals surface area contributed by atoms with Crippen LogP contribution in [0.1, 0.15) is 44.4 Å². The highest BCUT2D eigenvalue weighted by molar-refractivity contribution is 9.10. The summed E-state index contributed by atoms with van der Waals surface area (Å²) in [6.45, 7) is 6.91. The van der Waals surface area contributed by atoms with Crippen LogP contribution in [0.5, 0.6) is 0 Å². The summed E-state index contributed by atoms with van der Waals surface area (Å²) in [5.41, 5.74) is 0.349. The largest absolute Gasteiger partial charge is 0.315 e. The van der Waals surface area contributed by atoms with Crippen molar-refractivity contribution in [2.75, 3.05) is 20.1 Å². The van der Waals surface area contributed by atoms with Crippen molar-refractivity contribution in [3.05, 3.63) is 20.8 Å². The molecular formula is C16H27BrN2S. The van der Waals surface area contributed by atoms with Crippen LogP contribution in [0.15, 0.2) is 15.9 Å². The van der Waals surface area contributed by atoms with Gasteiger partial charge in [0.05, 0.1) is 0 Å². The fraction of sp³-hybridized carbons (Fsp3) is 0.750. The molecule has 114 valence electrons. The molecule has 0 saturated heterocycles. The Morgan fingerprint density at radius 3 is 2.45 bits per heavy atom. The van der Waals surface area contributed by atoms with Crippen molar-refractivity contribution >= 4 is 27.3 Å². The number of halogens is 1. The number of thiophene rings is 1. The minimum absolute atomic E-state index is 0.349. The van der Waals surface area contributed by atoms with Gasteiger partial charge in [0.2, 0.25) is 0 Å². The number of hydrogen-bond donors (Lipinski definition) is 1. The third-order valence-electron chi connectivity index (χ3n) is 4.94. The molecule has 1 unspecified atom stereocenters. The number of nitrogens with zero attached hydrogens (tertiary/aromatic N) is 1. The molecule has 0 amide bonds. The second kappa shape index (κ2) is 7.39. The zero-order valence-electron chi connectivity index (χ0n) is 12.9. The Kier molecular flexibility index (Phi) is 6.09. The van der Waals surface area contributed by atoms with Crippen molar-refractivity contribution in [3.8, 4) is 0 Å². The second-order valence-corrected chi connectivity index (χ2v) is 7.58. The molecule has 1 saturated carbocycles. The molecule has 0 radical (unpaired) electrons. The first-order valence-electron chi connectivity index (χ1n) is 7.82. The van der Waals surface area contributed by atoms with E-state index in [-0.39, 0.29) is 0 Å². The topological polar surface area (TPSA) is 15.3 Å². The molecule has 2 rings (SSSR count). The van der Waals surface area contributed by atoms with E-state index in [1.54, 1.807) is 0 Å². The van der Waals surface area contributed by atoms with Crippen LogP contribution in [-0.4, -0.2) is 36.6 Å². The van der Waals surface area contributed by atoms with Crippen molar-refractivity contribution < 1.29 is 0 Å². The average Bonchev–Trinajstić information content (AvgIpc) is 3.08. The molecule has 1 fully saturated rings. The molecule has 1 aliphatic rings. The zero-order valence-corrected chi connectivity index (χ0v) is 15.3. The standard InChI is InChI=1S/C16H27BrN2S/c1-4-19(5-2)16(9-6-7-10-16)15(18-3)12-14-13(17)8-11-20-14/h8,11,15,18H,4-7,9-10,12H2,1-3H3. The fourth-order valence-electron chi connectivity index (χ4n) is 3.94. The molecule has 0 aromatic carbocycles. The quantitative estimate of drug-likeness (QED) is 0.781. The van der Waals surface area contributed by atoms with E-state index in [2.05, 4.69) is 58.5 Å². The number of hydrogen-bond acceptors (Lipinski definition) is 3. The first kappa shape index (κ1) is 16.5. The molecule has 1 heterocycles. The third kappa shape index (κ3) is 3.13. The average molecular weight is 359 g/mol. The molecule has 1 aliphatic carbocycles. The summed E-state index contributed by atoms with van der Waals surface area (Å²) in [5.74, 6) is 0. The van der Waals surface area contributed by atoms with Gasteiger partial charge in [-0.25, -0.2) is 0 Å². The number of rotatable bonds is 7. The summed E-state index contributed by atoms with van der Waals surface area (Å²) in [7, 11) is 2.13. The Balaban J connectivity index is 2.23. The molecule has 0 aliphatic heterocycles. The van der Waals surface area contributed by atoms with Crippen LogP contribution in [-0.2, 0) is 6.42 Å². The SMILES string of the molecule is CCN(CC)C1(C(Cc2sccc2Br)NC)CCCC1. The van der Waals surface area contributed by atoms with E-state index >= 15 is 0 Å². The Morgan fingerprint density at radius 1 is 1.35 bits per heavy atom. The molecule has 1 aromatic rings. The van der Waals surface area contributed by atoms with E-state index in [9.17, 15) is 0 Å². The van der Waals surface area contributed by atoms with Gasteiger partial charge in [0, 0.05) is 20.9 Å². The predicted molar refractivity (Wildman–Crippen MR) is 92.7 cm³/mol. The van der Waals surface area contributed by atoms with Crippen LogP contribution in [0.3, 0.4) is 0 Å². The molecule has 1 N–H and O–H groups in total. The smallest absolute Gasteiger partial charge is 0.0365 e. The minimum atomic E-state index is 0.349. The predicted octanol–water partition coefficient (Wildman–Crippen LogP) is 4.30. The number of nitrogens with one attached hydrogen (secondary N) is 1. The normalized spacial score (nSPS) is 19.6.